The maximum Gasteiger partial charge on any atom is 0.252 e. The minimum absolute atomic E-state index is 0.166. The van der Waals surface area contributed by atoms with E-state index in [4.69, 9.17) is 0 Å². The van der Waals surface area contributed by atoms with Crippen molar-refractivity contribution in [2.24, 2.45) is 0 Å². The number of aryl methyl sites for hydroxylation is 1. The van der Waals surface area contributed by atoms with E-state index in [-0.39, 0.29) is 16.8 Å². The second-order valence-electron chi connectivity index (χ2n) is 7.05. The van der Waals surface area contributed by atoms with E-state index in [2.05, 4.69) is 5.32 Å². The number of sulfonamides is 1. The second kappa shape index (κ2) is 8.23. The number of hydrogen-bond acceptors (Lipinski definition) is 3. The van der Waals surface area contributed by atoms with E-state index in [1.807, 2.05) is 44.2 Å². The van der Waals surface area contributed by atoms with Gasteiger partial charge in [0, 0.05) is 18.7 Å². The fraction of sp³-hybridized carbons (Fsp3) is 0.381. The van der Waals surface area contributed by atoms with Gasteiger partial charge in [0.1, 0.15) is 0 Å². The van der Waals surface area contributed by atoms with Gasteiger partial charge < -0.3 is 5.32 Å². The monoisotopic (exact) mass is 386 g/mol. The highest BCUT2D eigenvalue weighted by Gasteiger charge is 2.27. The van der Waals surface area contributed by atoms with Crippen molar-refractivity contribution in [3.8, 4) is 0 Å². The molecule has 1 heterocycles. The van der Waals surface area contributed by atoms with Crippen molar-refractivity contribution >= 4 is 15.9 Å². The highest BCUT2D eigenvalue weighted by molar-refractivity contribution is 7.89. The fourth-order valence-corrected chi connectivity index (χ4v) is 4.90. The van der Waals surface area contributed by atoms with Gasteiger partial charge in [-0.15, -0.1) is 0 Å². The van der Waals surface area contributed by atoms with Gasteiger partial charge in [0.05, 0.1) is 10.9 Å². The Bertz CT molecular complexity index is 904. The number of carbonyl (C=O) groups is 1. The molecule has 0 spiro atoms. The summed E-state index contributed by atoms with van der Waals surface area (Å²) in [4.78, 5) is 13.0. The van der Waals surface area contributed by atoms with Crippen molar-refractivity contribution in [1.82, 2.24) is 9.62 Å². The summed E-state index contributed by atoms with van der Waals surface area (Å²) in [6, 6.07) is 14.3. The standard InChI is InChI=1S/C21H26N2O3S/c1-16-11-12-19(27(25,26)23-13-7-4-8-14-23)15-20(16)21(24)22-17(2)18-9-5-3-6-10-18/h3,5-6,9-12,15,17H,4,7-8,13-14H2,1-2H3,(H,22,24)/t17-/m1/s1. The molecule has 0 bridgehead atoms. The first-order valence-electron chi connectivity index (χ1n) is 9.36. The number of amides is 1. The first-order valence-corrected chi connectivity index (χ1v) is 10.8. The molecule has 1 aliphatic rings. The van der Waals surface area contributed by atoms with Gasteiger partial charge in [-0.3, -0.25) is 4.79 Å². The quantitative estimate of drug-likeness (QED) is 0.853. The summed E-state index contributed by atoms with van der Waals surface area (Å²) < 4.78 is 27.3. The van der Waals surface area contributed by atoms with E-state index in [0.29, 0.717) is 18.7 Å². The lowest BCUT2D eigenvalue weighted by Crippen LogP contribution is -2.35. The number of benzene rings is 2. The maximum atomic E-state index is 12.9. The largest absolute Gasteiger partial charge is 0.346 e. The van der Waals surface area contributed by atoms with Crippen LogP contribution in [0.3, 0.4) is 0 Å². The molecular weight excluding hydrogens is 360 g/mol. The Hall–Kier alpha value is -2.18. The van der Waals surface area contributed by atoms with Gasteiger partial charge in [0.25, 0.3) is 5.91 Å². The van der Waals surface area contributed by atoms with Crippen LogP contribution in [-0.4, -0.2) is 31.7 Å². The molecule has 5 nitrogen and oxygen atoms in total. The van der Waals surface area contributed by atoms with Crippen LogP contribution in [0.2, 0.25) is 0 Å². The third kappa shape index (κ3) is 4.39. The van der Waals surface area contributed by atoms with Gasteiger partial charge in [-0.05, 0) is 49.9 Å². The van der Waals surface area contributed by atoms with Crippen molar-refractivity contribution in [3.05, 3.63) is 65.2 Å². The van der Waals surface area contributed by atoms with E-state index >= 15 is 0 Å². The maximum absolute atomic E-state index is 12.9. The Morgan fingerprint density at radius 3 is 2.37 bits per heavy atom. The number of hydrogen-bond donors (Lipinski definition) is 1. The molecule has 0 aliphatic carbocycles. The Balaban J connectivity index is 1.83. The van der Waals surface area contributed by atoms with Crippen molar-refractivity contribution in [2.45, 2.75) is 44.0 Å². The molecule has 6 heteroatoms. The summed E-state index contributed by atoms with van der Waals surface area (Å²) in [5.41, 5.74) is 2.15. The summed E-state index contributed by atoms with van der Waals surface area (Å²) >= 11 is 0. The van der Waals surface area contributed by atoms with E-state index in [0.717, 1.165) is 30.4 Å². The van der Waals surface area contributed by atoms with Crippen molar-refractivity contribution in [2.75, 3.05) is 13.1 Å². The van der Waals surface area contributed by atoms with Crippen LogP contribution in [0.5, 0.6) is 0 Å². The molecule has 2 aromatic rings. The summed E-state index contributed by atoms with van der Waals surface area (Å²) in [7, 11) is -3.56. The van der Waals surface area contributed by atoms with Crippen LogP contribution in [0.25, 0.3) is 0 Å². The molecular formula is C21H26N2O3S. The summed E-state index contributed by atoms with van der Waals surface area (Å²) in [5, 5.41) is 2.96. The number of carbonyl (C=O) groups excluding carboxylic acids is 1. The van der Waals surface area contributed by atoms with Gasteiger partial charge in [0.2, 0.25) is 10.0 Å². The molecule has 1 fully saturated rings. The van der Waals surface area contributed by atoms with Crippen molar-refractivity contribution in [3.63, 3.8) is 0 Å². The van der Waals surface area contributed by atoms with Crippen LogP contribution in [0, 0.1) is 6.92 Å². The fourth-order valence-electron chi connectivity index (χ4n) is 3.36. The first-order chi connectivity index (χ1) is 12.9. The summed E-state index contributed by atoms with van der Waals surface area (Å²) in [6.45, 7) is 4.82. The Labute approximate surface area is 161 Å². The van der Waals surface area contributed by atoms with Crippen LogP contribution in [0.15, 0.2) is 53.4 Å². The second-order valence-corrected chi connectivity index (χ2v) is 8.99. The van der Waals surface area contributed by atoms with Gasteiger partial charge in [-0.1, -0.05) is 42.8 Å². The van der Waals surface area contributed by atoms with Crippen molar-refractivity contribution < 1.29 is 13.2 Å². The average Bonchev–Trinajstić information content (AvgIpc) is 2.69. The lowest BCUT2D eigenvalue weighted by Gasteiger charge is -2.26. The minimum Gasteiger partial charge on any atom is -0.346 e. The van der Waals surface area contributed by atoms with Crippen LogP contribution >= 0.6 is 0 Å². The average molecular weight is 387 g/mol. The topological polar surface area (TPSA) is 66.5 Å². The third-order valence-corrected chi connectivity index (χ3v) is 6.95. The van der Waals surface area contributed by atoms with Gasteiger partial charge >= 0.3 is 0 Å². The van der Waals surface area contributed by atoms with Crippen LogP contribution < -0.4 is 5.32 Å². The highest BCUT2D eigenvalue weighted by Crippen LogP contribution is 2.23. The van der Waals surface area contributed by atoms with Gasteiger partial charge in [0.15, 0.2) is 0 Å². The summed E-state index contributed by atoms with van der Waals surface area (Å²) in [5.74, 6) is -0.264. The molecule has 0 saturated carbocycles. The predicted octanol–water partition coefficient (Wildman–Crippen LogP) is 3.66. The molecule has 1 atom stereocenters. The molecule has 144 valence electrons. The zero-order valence-electron chi connectivity index (χ0n) is 15.8. The van der Waals surface area contributed by atoms with E-state index < -0.39 is 10.0 Å². The third-order valence-electron chi connectivity index (χ3n) is 5.05. The molecule has 0 unspecified atom stereocenters. The Kier molecular flexibility index (Phi) is 5.97. The lowest BCUT2D eigenvalue weighted by molar-refractivity contribution is 0.0939. The summed E-state index contributed by atoms with van der Waals surface area (Å²) in [6.07, 6.45) is 2.82. The Morgan fingerprint density at radius 2 is 1.70 bits per heavy atom. The first kappa shape index (κ1) is 19.6. The van der Waals surface area contributed by atoms with Crippen LogP contribution in [0.1, 0.15) is 53.7 Å². The SMILES string of the molecule is Cc1ccc(S(=O)(=O)N2CCCCC2)cc1C(=O)N[C@H](C)c1ccccc1. The number of nitrogens with one attached hydrogen (secondary N) is 1. The lowest BCUT2D eigenvalue weighted by atomic mass is 10.1. The predicted molar refractivity (Wildman–Crippen MR) is 106 cm³/mol. The normalized spacial score (nSPS) is 16.7. The molecule has 1 N–H and O–H groups in total. The molecule has 0 radical (unpaired) electrons. The van der Waals surface area contributed by atoms with Gasteiger partial charge in [-0.2, -0.15) is 4.31 Å². The van der Waals surface area contributed by atoms with Crippen molar-refractivity contribution in [1.29, 1.82) is 0 Å². The van der Waals surface area contributed by atoms with Gasteiger partial charge in [-0.25, -0.2) is 8.42 Å². The molecule has 27 heavy (non-hydrogen) atoms. The zero-order valence-corrected chi connectivity index (χ0v) is 16.6. The zero-order chi connectivity index (χ0) is 19.4. The molecule has 3 rings (SSSR count). The Morgan fingerprint density at radius 1 is 1.04 bits per heavy atom. The number of nitrogens with zero attached hydrogens (tertiary/aromatic N) is 1. The van der Waals surface area contributed by atoms with Crippen LogP contribution in [0.4, 0.5) is 0 Å². The number of rotatable bonds is 5. The molecule has 1 amide bonds. The number of piperidine rings is 1. The molecule has 2 aromatic carbocycles. The van der Waals surface area contributed by atoms with E-state index in [1.54, 1.807) is 12.1 Å². The van der Waals surface area contributed by atoms with E-state index in [9.17, 15) is 13.2 Å². The smallest absolute Gasteiger partial charge is 0.252 e. The highest BCUT2D eigenvalue weighted by atomic mass is 32.2. The molecule has 1 saturated heterocycles. The molecule has 1 aliphatic heterocycles. The van der Waals surface area contributed by atoms with E-state index in [1.165, 1.54) is 10.4 Å². The molecule has 0 aromatic heterocycles. The minimum atomic E-state index is -3.56. The van der Waals surface area contributed by atoms with Crippen LogP contribution in [-0.2, 0) is 10.0 Å².